The Morgan fingerprint density at radius 2 is 1.69 bits per heavy atom. The molecule has 4 nitrogen and oxygen atoms in total. The zero-order valence-corrected chi connectivity index (χ0v) is 14.0. The van der Waals surface area contributed by atoms with Gasteiger partial charge < -0.3 is 14.0 Å². The van der Waals surface area contributed by atoms with Crippen molar-refractivity contribution >= 4 is 22.7 Å². The molecule has 26 heavy (non-hydrogen) atoms. The van der Waals surface area contributed by atoms with Crippen LogP contribution in [0.2, 0.25) is 0 Å². The van der Waals surface area contributed by atoms with Crippen LogP contribution >= 0.6 is 0 Å². The minimum atomic E-state index is 0.271. The van der Waals surface area contributed by atoms with Crippen LogP contribution < -0.4 is 9.47 Å². The van der Waals surface area contributed by atoms with E-state index < -0.39 is 0 Å². The number of fused-ring (bicyclic) bond motifs is 2. The van der Waals surface area contributed by atoms with Gasteiger partial charge in [0.05, 0.1) is 17.6 Å². The molecule has 0 N–H and O–H groups in total. The van der Waals surface area contributed by atoms with Gasteiger partial charge in [0, 0.05) is 18.0 Å². The van der Waals surface area contributed by atoms with Crippen molar-refractivity contribution in [2.24, 2.45) is 4.99 Å². The lowest BCUT2D eigenvalue weighted by Gasteiger charge is -2.08. The zero-order chi connectivity index (χ0) is 17.3. The van der Waals surface area contributed by atoms with Crippen molar-refractivity contribution in [1.82, 2.24) is 4.57 Å². The molecular weight excluding hydrogens is 324 g/mol. The van der Waals surface area contributed by atoms with E-state index >= 15 is 0 Å². The number of nitrogens with zero attached hydrogens (tertiary/aromatic N) is 2. The van der Waals surface area contributed by atoms with Crippen LogP contribution in [0.15, 0.2) is 84.0 Å². The maximum atomic E-state index is 5.41. The largest absolute Gasteiger partial charge is 0.454 e. The monoisotopic (exact) mass is 340 g/mol. The van der Waals surface area contributed by atoms with E-state index in [0.717, 1.165) is 28.6 Å². The molecule has 0 aliphatic carbocycles. The normalized spacial score (nSPS) is 12.9. The Hall–Kier alpha value is -3.53. The van der Waals surface area contributed by atoms with Crippen molar-refractivity contribution in [3.63, 3.8) is 0 Å². The first-order valence-electron chi connectivity index (χ1n) is 8.47. The molecular formula is C22H16N2O2. The van der Waals surface area contributed by atoms with Gasteiger partial charge in [0.1, 0.15) is 0 Å². The van der Waals surface area contributed by atoms with Crippen LogP contribution in [0, 0.1) is 0 Å². The lowest BCUT2D eigenvalue weighted by Crippen LogP contribution is -1.97. The highest BCUT2D eigenvalue weighted by atomic mass is 16.7. The van der Waals surface area contributed by atoms with E-state index in [2.05, 4.69) is 52.0 Å². The molecule has 2 heterocycles. The van der Waals surface area contributed by atoms with Gasteiger partial charge in [-0.1, -0.05) is 30.3 Å². The summed E-state index contributed by atoms with van der Waals surface area (Å²) in [5.41, 5.74) is 2.96. The summed E-state index contributed by atoms with van der Waals surface area (Å²) < 4.78 is 12.9. The molecule has 5 rings (SSSR count). The van der Waals surface area contributed by atoms with Crippen molar-refractivity contribution in [2.45, 2.75) is 0 Å². The molecule has 0 atom stereocenters. The zero-order valence-electron chi connectivity index (χ0n) is 14.0. The molecule has 1 aliphatic heterocycles. The van der Waals surface area contributed by atoms with Crippen molar-refractivity contribution < 1.29 is 9.47 Å². The third kappa shape index (κ3) is 2.62. The van der Waals surface area contributed by atoms with Gasteiger partial charge in [0.25, 0.3) is 0 Å². The van der Waals surface area contributed by atoms with Crippen molar-refractivity contribution in [2.75, 3.05) is 6.79 Å². The first-order chi connectivity index (χ1) is 12.9. The standard InChI is InChI=1S/C22H16N2O2/c1-2-5-17-12-19(9-7-16(17)4-1)24-11-3-6-20(24)14-23-18-8-10-21-22(13-18)26-15-25-21/h1-14H,15H2. The fourth-order valence-corrected chi connectivity index (χ4v) is 3.17. The highest BCUT2D eigenvalue weighted by molar-refractivity contribution is 5.86. The molecule has 0 fully saturated rings. The molecule has 0 saturated heterocycles. The number of hydrogen-bond donors (Lipinski definition) is 0. The number of rotatable bonds is 3. The van der Waals surface area contributed by atoms with Crippen LogP contribution in [-0.4, -0.2) is 17.6 Å². The number of benzene rings is 3. The summed E-state index contributed by atoms with van der Waals surface area (Å²) in [6.07, 6.45) is 3.91. The Bertz CT molecular complexity index is 1130. The lowest BCUT2D eigenvalue weighted by atomic mass is 10.1. The van der Waals surface area contributed by atoms with E-state index in [1.165, 1.54) is 10.8 Å². The third-order valence-electron chi connectivity index (χ3n) is 4.49. The van der Waals surface area contributed by atoms with Crippen molar-refractivity contribution in [3.05, 3.63) is 84.7 Å². The highest BCUT2D eigenvalue weighted by Gasteiger charge is 2.12. The predicted octanol–water partition coefficient (Wildman–Crippen LogP) is 5.11. The second-order valence-corrected chi connectivity index (χ2v) is 6.13. The summed E-state index contributed by atoms with van der Waals surface area (Å²) in [7, 11) is 0. The van der Waals surface area contributed by atoms with Gasteiger partial charge in [-0.2, -0.15) is 0 Å². The molecule has 4 heteroatoms. The quantitative estimate of drug-likeness (QED) is 0.486. The minimum absolute atomic E-state index is 0.271. The predicted molar refractivity (Wildman–Crippen MR) is 103 cm³/mol. The van der Waals surface area contributed by atoms with Gasteiger partial charge in [-0.05, 0) is 47.2 Å². The summed E-state index contributed by atoms with van der Waals surface area (Å²) in [4.78, 5) is 4.59. The first-order valence-corrected chi connectivity index (χ1v) is 8.47. The van der Waals surface area contributed by atoms with Crippen LogP contribution in [0.25, 0.3) is 16.5 Å². The van der Waals surface area contributed by atoms with Crippen LogP contribution in [-0.2, 0) is 0 Å². The molecule has 0 unspecified atom stereocenters. The number of aromatic nitrogens is 1. The van der Waals surface area contributed by atoms with Gasteiger partial charge in [-0.15, -0.1) is 0 Å². The van der Waals surface area contributed by atoms with Crippen molar-refractivity contribution in [1.29, 1.82) is 0 Å². The van der Waals surface area contributed by atoms with Crippen LogP contribution in [0.4, 0.5) is 5.69 Å². The molecule has 0 radical (unpaired) electrons. The fourth-order valence-electron chi connectivity index (χ4n) is 3.17. The van der Waals surface area contributed by atoms with Gasteiger partial charge in [0.2, 0.25) is 6.79 Å². The topological polar surface area (TPSA) is 35.8 Å². The average molecular weight is 340 g/mol. The molecule has 3 aromatic carbocycles. The van der Waals surface area contributed by atoms with E-state index in [1.807, 2.05) is 42.7 Å². The van der Waals surface area contributed by atoms with Crippen LogP contribution in [0.5, 0.6) is 11.5 Å². The molecule has 1 aromatic heterocycles. The Morgan fingerprint density at radius 1 is 0.808 bits per heavy atom. The Kier molecular flexibility index (Phi) is 3.46. The second-order valence-electron chi connectivity index (χ2n) is 6.13. The van der Waals surface area contributed by atoms with Gasteiger partial charge >= 0.3 is 0 Å². The van der Waals surface area contributed by atoms with E-state index in [0.29, 0.717) is 0 Å². The Labute approximate surface area is 150 Å². The van der Waals surface area contributed by atoms with E-state index in [-0.39, 0.29) is 6.79 Å². The maximum Gasteiger partial charge on any atom is 0.231 e. The molecule has 126 valence electrons. The minimum Gasteiger partial charge on any atom is -0.454 e. The number of ether oxygens (including phenoxy) is 2. The van der Waals surface area contributed by atoms with E-state index in [1.54, 1.807) is 0 Å². The number of hydrogen-bond acceptors (Lipinski definition) is 3. The van der Waals surface area contributed by atoms with Gasteiger partial charge in [0.15, 0.2) is 11.5 Å². The van der Waals surface area contributed by atoms with Crippen LogP contribution in [0.3, 0.4) is 0 Å². The average Bonchev–Trinajstić information content (AvgIpc) is 3.34. The first kappa shape index (κ1) is 14.8. The third-order valence-corrected chi connectivity index (χ3v) is 4.49. The Balaban J connectivity index is 1.48. The molecule has 1 aliphatic rings. The second kappa shape index (κ2) is 6.08. The van der Waals surface area contributed by atoms with E-state index in [9.17, 15) is 0 Å². The summed E-state index contributed by atoms with van der Waals surface area (Å²) >= 11 is 0. The molecule has 0 amide bonds. The molecule has 0 saturated carbocycles. The molecule has 0 spiro atoms. The summed E-state index contributed by atoms with van der Waals surface area (Å²) in [6.45, 7) is 0.271. The maximum absolute atomic E-state index is 5.41. The lowest BCUT2D eigenvalue weighted by molar-refractivity contribution is 0.174. The summed E-state index contributed by atoms with van der Waals surface area (Å²) in [6, 6.07) is 24.6. The molecule has 0 bridgehead atoms. The van der Waals surface area contributed by atoms with Gasteiger partial charge in [-0.25, -0.2) is 0 Å². The Morgan fingerprint density at radius 3 is 2.65 bits per heavy atom. The smallest absolute Gasteiger partial charge is 0.231 e. The SMILES string of the molecule is C(=Nc1ccc2c(c1)OCO2)c1cccn1-c1ccc2ccccc2c1. The highest BCUT2D eigenvalue weighted by Crippen LogP contribution is 2.35. The van der Waals surface area contributed by atoms with E-state index in [4.69, 9.17) is 9.47 Å². The van der Waals surface area contributed by atoms with Crippen LogP contribution in [0.1, 0.15) is 5.69 Å². The fraction of sp³-hybridized carbons (Fsp3) is 0.0455. The van der Waals surface area contributed by atoms with Crippen molar-refractivity contribution in [3.8, 4) is 17.2 Å². The number of aliphatic imine (C=N–C) groups is 1. The summed E-state index contributed by atoms with van der Waals surface area (Å²) in [5, 5.41) is 2.45. The van der Waals surface area contributed by atoms with Gasteiger partial charge in [-0.3, -0.25) is 4.99 Å². The summed E-state index contributed by atoms with van der Waals surface area (Å²) in [5.74, 6) is 1.51. The molecule has 4 aromatic rings.